The Kier molecular flexibility index (Phi) is 4.35. The maximum absolute atomic E-state index is 5.92. The number of hydrogen-bond donors (Lipinski definition) is 1. The lowest BCUT2D eigenvalue weighted by atomic mass is 9.83. The largest absolute Gasteiger partial charge is 0.477 e. The fourth-order valence-electron chi connectivity index (χ4n) is 2.36. The number of aromatic nitrogens is 2. The lowest BCUT2D eigenvalue weighted by molar-refractivity contribution is 0.219. The molecule has 0 spiro atoms. The number of ether oxygens (including phenoxy) is 1. The zero-order valence-corrected chi connectivity index (χ0v) is 12.7. The highest BCUT2D eigenvalue weighted by Crippen LogP contribution is 2.31. The minimum atomic E-state index is 0.681. The molecule has 0 saturated heterocycles. The van der Waals surface area contributed by atoms with Gasteiger partial charge in [0.25, 0.3) is 0 Å². The van der Waals surface area contributed by atoms with Gasteiger partial charge >= 0.3 is 0 Å². The summed E-state index contributed by atoms with van der Waals surface area (Å²) in [6.45, 7) is 3.78. The van der Waals surface area contributed by atoms with Gasteiger partial charge in [0.2, 0.25) is 11.8 Å². The predicted octanol–water partition coefficient (Wildman–Crippen LogP) is 4.08. The molecule has 5 heteroatoms. The SMILES string of the molecule is CCCNc1nc(OCCC2CCC2)c2ccsc2n1. The molecule has 0 unspecified atom stereocenters. The Morgan fingerprint density at radius 3 is 3.05 bits per heavy atom. The average Bonchev–Trinajstić information content (AvgIpc) is 2.87. The summed E-state index contributed by atoms with van der Waals surface area (Å²) in [7, 11) is 0. The van der Waals surface area contributed by atoms with Crippen molar-refractivity contribution < 1.29 is 4.74 Å². The summed E-state index contributed by atoms with van der Waals surface area (Å²) in [4.78, 5) is 10.0. The summed E-state index contributed by atoms with van der Waals surface area (Å²) < 4.78 is 5.92. The van der Waals surface area contributed by atoms with E-state index < -0.39 is 0 Å². The molecule has 2 aromatic heterocycles. The van der Waals surface area contributed by atoms with Crippen LogP contribution in [-0.2, 0) is 0 Å². The van der Waals surface area contributed by atoms with Crippen LogP contribution in [0.15, 0.2) is 11.4 Å². The Morgan fingerprint density at radius 2 is 2.30 bits per heavy atom. The van der Waals surface area contributed by atoms with Crippen LogP contribution in [0, 0.1) is 5.92 Å². The van der Waals surface area contributed by atoms with Crippen molar-refractivity contribution >= 4 is 27.5 Å². The van der Waals surface area contributed by atoms with Gasteiger partial charge in [-0.25, -0.2) is 4.98 Å². The number of nitrogens with zero attached hydrogens (tertiary/aromatic N) is 2. The van der Waals surface area contributed by atoms with Gasteiger partial charge in [0, 0.05) is 6.54 Å². The third-order valence-electron chi connectivity index (χ3n) is 3.81. The molecule has 2 aromatic rings. The molecule has 2 heterocycles. The van der Waals surface area contributed by atoms with Crippen LogP contribution in [-0.4, -0.2) is 23.1 Å². The second-order valence-corrected chi connectivity index (χ2v) is 6.25. The van der Waals surface area contributed by atoms with Crippen molar-refractivity contribution in [3.8, 4) is 5.88 Å². The quantitative estimate of drug-likeness (QED) is 0.835. The predicted molar refractivity (Wildman–Crippen MR) is 83.6 cm³/mol. The summed E-state index contributed by atoms with van der Waals surface area (Å²) in [6.07, 6.45) is 6.32. The highest BCUT2D eigenvalue weighted by molar-refractivity contribution is 7.16. The summed E-state index contributed by atoms with van der Waals surface area (Å²) in [5.74, 6) is 2.28. The number of rotatable bonds is 7. The van der Waals surface area contributed by atoms with Gasteiger partial charge in [-0.15, -0.1) is 11.3 Å². The molecular weight excluding hydrogens is 270 g/mol. The first-order valence-corrected chi connectivity index (χ1v) is 8.36. The Balaban J connectivity index is 1.70. The van der Waals surface area contributed by atoms with Crippen molar-refractivity contribution in [3.63, 3.8) is 0 Å². The van der Waals surface area contributed by atoms with Gasteiger partial charge in [-0.1, -0.05) is 26.2 Å². The van der Waals surface area contributed by atoms with E-state index in [4.69, 9.17) is 4.74 Å². The van der Waals surface area contributed by atoms with E-state index in [0.29, 0.717) is 5.95 Å². The molecule has 3 rings (SSSR count). The first-order chi connectivity index (χ1) is 9.86. The lowest BCUT2D eigenvalue weighted by Gasteiger charge is -2.24. The van der Waals surface area contributed by atoms with Crippen LogP contribution >= 0.6 is 11.3 Å². The topological polar surface area (TPSA) is 47.0 Å². The first-order valence-electron chi connectivity index (χ1n) is 7.48. The molecular formula is C15H21N3OS. The molecule has 1 saturated carbocycles. The average molecular weight is 291 g/mol. The molecule has 1 aliphatic rings. The number of hydrogen-bond acceptors (Lipinski definition) is 5. The summed E-state index contributed by atoms with van der Waals surface area (Å²) in [6, 6.07) is 2.04. The fourth-order valence-corrected chi connectivity index (χ4v) is 3.11. The smallest absolute Gasteiger partial charge is 0.227 e. The zero-order chi connectivity index (χ0) is 13.8. The van der Waals surface area contributed by atoms with E-state index in [2.05, 4.69) is 22.2 Å². The van der Waals surface area contributed by atoms with Crippen molar-refractivity contribution in [3.05, 3.63) is 11.4 Å². The van der Waals surface area contributed by atoms with Crippen LogP contribution in [0.5, 0.6) is 5.88 Å². The number of thiophene rings is 1. The second-order valence-electron chi connectivity index (χ2n) is 5.35. The standard InChI is InChI=1S/C15H21N3OS/c1-2-8-16-15-17-13(12-7-10-20-14(12)18-15)19-9-6-11-4-3-5-11/h7,10-11H,2-6,8-9H2,1H3,(H,16,17,18). The zero-order valence-electron chi connectivity index (χ0n) is 11.9. The van der Waals surface area contributed by atoms with E-state index in [1.165, 1.54) is 19.3 Å². The summed E-state index contributed by atoms with van der Waals surface area (Å²) >= 11 is 1.63. The molecule has 0 amide bonds. The highest BCUT2D eigenvalue weighted by Gasteiger charge is 2.17. The van der Waals surface area contributed by atoms with Crippen molar-refractivity contribution in [2.24, 2.45) is 5.92 Å². The van der Waals surface area contributed by atoms with Crippen LogP contribution in [0.3, 0.4) is 0 Å². The van der Waals surface area contributed by atoms with E-state index in [-0.39, 0.29) is 0 Å². The minimum absolute atomic E-state index is 0.681. The number of nitrogens with one attached hydrogen (secondary N) is 1. The Morgan fingerprint density at radius 1 is 1.40 bits per heavy atom. The van der Waals surface area contributed by atoms with Crippen LogP contribution in [0.4, 0.5) is 5.95 Å². The normalized spacial score (nSPS) is 15.2. The monoisotopic (exact) mass is 291 g/mol. The molecule has 0 atom stereocenters. The van der Waals surface area contributed by atoms with Gasteiger partial charge in [0.15, 0.2) is 0 Å². The summed E-state index contributed by atoms with van der Waals surface area (Å²) in [5, 5.41) is 6.32. The Hall–Kier alpha value is -1.36. The van der Waals surface area contributed by atoms with E-state index in [0.717, 1.165) is 48.0 Å². The third-order valence-corrected chi connectivity index (χ3v) is 4.62. The Bertz CT molecular complexity index is 565. The molecule has 0 bridgehead atoms. The van der Waals surface area contributed by atoms with Gasteiger partial charge in [0.05, 0.1) is 12.0 Å². The lowest BCUT2D eigenvalue weighted by Crippen LogP contribution is -2.15. The highest BCUT2D eigenvalue weighted by atomic mass is 32.1. The van der Waals surface area contributed by atoms with E-state index in [9.17, 15) is 0 Å². The maximum atomic E-state index is 5.92. The Labute approximate surface area is 123 Å². The van der Waals surface area contributed by atoms with Crippen LogP contribution in [0.25, 0.3) is 10.2 Å². The summed E-state index contributed by atoms with van der Waals surface area (Å²) in [5.41, 5.74) is 0. The molecule has 0 radical (unpaired) electrons. The van der Waals surface area contributed by atoms with Crippen LogP contribution in [0.1, 0.15) is 39.0 Å². The minimum Gasteiger partial charge on any atom is -0.477 e. The van der Waals surface area contributed by atoms with Crippen molar-refractivity contribution in [2.45, 2.75) is 39.0 Å². The number of fused-ring (bicyclic) bond motifs is 1. The van der Waals surface area contributed by atoms with Crippen LogP contribution < -0.4 is 10.1 Å². The van der Waals surface area contributed by atoms with E-state index >= 15 is 0 Å². The van der Waals surface area contributed by atoms with E-state index in [1.54, 1.807) is 11.3 Å². The molecule has 4 nitrogen and oxygen atoms in total. The molecule has 0 aromatic carbocycles. The third kappa shape index (κ3) is 3.03. The molecule has 1 aliphatic carbocycles. The maximum Gasteiger partial charge on any atom is 0.227 e. The molecule has 20 heavy (non-hydrogen) atoms. The number of anilines is 1. The van der Waals surface area contributed by atoms with Gasteiger partial charge in [-0.05, 0) is 30.2 Å². The van der Waals surface area contributed by atoms with Gasteiger partial charge in [0.1, 0.15) is 4.83 Å². The van der Waals surface area contributed by atoms with Gasteiger partial charge in [-0.3, -0.25) is 0 Å². The molecule has 108 valence electrons. The van der Waals surface area contributed by atoms with E-state index in [1.807, 2.05) is 11.4 Å². The van der Waals surface area contributed by atoms with Gasteiger partial charge < -0.3 is 10.1 Å². The van der Waals surface area contributed by atoms with Crippen molar-refractivity contribution in [2.75, 3.05) is 18.5 Å². The molecule has 0 aliphatic heterocycles. The molecule has 1 N–H and O–H groups in total. The fraction of sp³-hybridized carbons (Fsp3) is 0.600. The second kappa shape index (κ2) is 6.39. The first kappa shape index (κ1) is 13.6. The van der Waals surface area contributed by atoms with Crippen LogP contribution in [0.2, 0.25) is 0 Å². The van der Waals surface area contributed by atoms with Crippen molar-refractivity contribution in [1.82, 2.24) is 9.97 Å². The van der Waals surface area contributed by atoms with Crippen molar-refractivity contribution in [1.29, 1.82) is 0 Å². The molecule has 1 fully saturated rings. The van der Waals surface area contributed by atoms with Gasteiger partial charge in [-0.2, -0.15) is 4.98 Å².